The molecule has 3 heterocycles. The van der Waals surface area contributed by atoms with Gasteiger partial charge in [-0.2, -0.15) is 0 Å². The van der Waals surface area contributed by atoms with Crippen molar-refractivity contribution in [2.45, 2.75) is 70.4 Å². The van der Waals surface area contributed by atoms with Crippen molar-refractivity contribution in [2.75, 3.05) is 58.9 Å². The SMILES string of the molecule is CCC(CC)c1nnc2ccc(O[C@@H]3C=C[C@](C=O)(NC(=O)Nc4cc(C(C)(C)C)nc(C(=O)NCCN(CCOC)CCOC)n4)c4ccccc43)cn12. The molecule has 0 radical (unpaired) electrons. The van der Waals surface area contributed by atoms with Crippen LogP contribution in [0.5, 0.6) is 5.75 Å². The molecular formula is C40H53N9O6. The summed E-state index contributed by atoms with van der Waals surface area (Å²) in [5, 5.41) is 17.2. The van der Waals surface area contributed by atoms with Crippen LogP contribution in [0.3, 0.4) is 0 Å². The van der Waals surface area contributed by atoms with Gasteiger partial charge in [-0.05, 0) is 42.7 Å². The summed E-state index contributed by atoms with van der Waals surface area (Å²) >= 11 is 0. The minimum Gasteiger partial charge on any atom is -0.480 e. The summed E-state index contributed by atoms with van der Waals surface area (Å²) in [6.07, 6.45) is 7.27. The summed E-state index contributed by atoms with van der Waals surface area (Å²) in [6, 6.07) is 11.9. The number of anilines is 1. The van der Waals surface area contributed by atoms with E-state index in [9.17, 15) is 14.4 Å². The Morgan fingerprint density at radius 3 is 2.40 bits per heavy atom. The number of ether oxygens (including phenoxy) is 3. The Morgan fingerprint density at radius 1 is 1.00 bits per heavy atom. The van der Waals surface area contributed by atoms with Gasteiger partial charge in [0, 0.05) is 63.4 Å². The molecule has 3 aromatic heterocycles. The number of nitrogens with one attached hydrogen (secondary N) is 3. The highest BCUT2D eigenvalue weighted by Crippen LogP contribution is 2.37. The Morgan fingerprint density at radius 2 is 1.73 bits per heavy atom. The molecule has 1 aliphatic rings. The zero-order chi connectivity index (χ0) is 39.6. The number of pyridine rings is 1. The van der Waals surface area contributed by atoms with Crippen molar-refractivity contribution in [1.29, 1.82) is 0 Å². The van der Waals surface area contributed by atoms with E-state index in [0.29, 0.717) is 68.2 Å². The molecule has 15 nitrogen and oxygen atoms in total. The molecule has 15 heteroatoms. The second-order valence-electron chi connectivity index (χ2n) is 14.5. The van der Waals surface area contributed by atoms with Crippen LogP contribution < -0.4 is 20.7 Å². The average molecular weight is 756 g/mol. The van der Waals surface area contributed by atoms with E-state index in [1.54, 1.807) is 44.6 Å². The van der Waals surface area contributed by atoms with Crippen molar-refractivity contribution in [3.05, 3.63) is 89.3 Å². The van der Waals surface area contributed by atoms with E-state index in [4.69, 9.17) is 14.2 Å². The Hall–Kier alpha value is -5.25. The second kappa shape index (κ2) is 18.4. The number of amides is 3. The van der Waals surface area contributed by atoms with Gasteiger partial charge in [0.2, 0.25) is 5.82 Å². The Labute approximate surface area is 322 Å². The predicted octanol–water partition coefficient (Wildman–Crippen LogP) is 4.95. The van der Waals surface area contributed by atoms with Gasteiger partial charge in [-0.25, -0.2) is 14.8 Å². The van der Waals surface area contributed by atoms with Crippen LogP contribution in [0, 0.1) is 0 Å². The van der Waals surface area contributed by atoms with Crippen LogP contribution in [0.1, 0.15) is 92.7 Å². The third kappa shape index (κ3) is 9.90. The summed E-state index contributed by atoms with van der Waals surface area (Å²) in [5.74, 6) is 1.27. The number of hydrogen-bond donors (Lipinski definition) is 3. The third-order valence-electron chi connectivity index (χ3n) is 9.64. The quantitative estimate of drug-likeness (QED) is 0.0926. The van der Waals surface area contributed by atoms with Crippen molar-refractivity contribution in [3.63, 3.8) is 0 Å². The number of fused-ring (bicyclic) bond motifs is 2. The molecule has 5 rings (SSSR count). The fourth-order valence-electron chi connectivity index (χ4n) is 6.45. The number of methoxy groups -OCH3 is 2. The first-order chi connectivity index (χ1) is 26.4. The van der Waals surface area contributed by atoms with Crippen LogP contribution in [0.2, 0.25) is 0 Å². The minimum atomic E-state index is -1.51. The van der Waals surface area contributed by atoms with E-state index >= 15 is 0 Å². The van der Waals surface area contributed by atoms with E-state index in [1.165, 1.54) is 0 Å². The van der Waals surface area contributed by atoms with Crippen LogP contribution >= 0.6 is 0 Å². The molecule has 0 spiro atoms. The summed E-state index contributed by atoms with van der Waals surface area (Å²) in [7, 11) is 3.28. The van der Waals surface area contributed by atoms with Crippen LogP contribution in [0.25, 0.3) is 5.65 Å². The summed E-state index contributed by atoms with van der Waals surface area (Å²) in [5.41, 5.74) is 0.557. The maximum Gasteiger partial charge on any atom is 0.321 e. The number of urea groups is 1. The summed E-state index contributed by atoms with van der Waals surface area (Å²) in [4.78, 5) is 50.9. The highest BCUT2D eigenvalue weighted by atomic mass is 16.5. The van der Waals surface area contributed by atoms with Gasteiger partial charge in [0.15, 0.2) is 11.9 Å². The fraction of sp³-hybridized carbons (Fsp3) is 0.475. The molecular weight excluding hydrogens is 702 g/mol. The molecule has 0 aliphatic heterocycles. The van der Waals surface area contributed by atoms with Crippen molar-refractivity contribution in [2.24, 2.45) is 0 Å². The van der Waals surface area contributed by atoms with Gasteiger partial charge in [-0.1, -0.05) is 58.9 Å². The number of rotatable bonds is 18. The summed E-state index contributed by atoms with van der Waals surface area (Å²) < 4.78 is 18.9. The number of hydrogen-bond acceptors (Lipinski definition) is 11. The van der Waals surface area contributed by atoms with Crippen molar-refractivity contribution in [3.8, 4) is 5.75 Å². The predicted molar refractivity (Wildman–Crippen MR) is 208 cm³/mol. The Balaban J connectivity index is 1.33. The molecule has 0 fully saturated rings. The third-order valence-corrected chi connectivity index (χ3v) is 9.64. The molecule has 0 unspecified atom stereocenters. The first-order valence-corrected chi connectivity index (χ1v) is 18.7. The van der Waals surface area contributed by atoms with Crippen LogP contribution in [0.15, 0.2) is 60.8 Å². The van der Waals surface area contributed by atoms with Crippen LogP contribution in [-0.4, -0.2) is 101 Å². The number of carbonyl (C=O) groups is 3. The maximum absolute atomic E-state index is 13.7. The minimum absolute atomic E-state index is 0.0900. The zero-order valence-corrected chi connectivity index (χ0v) is 32.8. The first-order valence-electron chi connectivity index (χ1n) is 18.7. The molecule has 1 aromatic carbocycles. The molecule has 3 amide bonds. The van der Waals surface area contributed by atoms with Gasteiger partial charge >= 0.3 is 6.03 Å². The number of nitrogens with zero attached hydrogens (tertiary/aromatic N) is 6. The van der Waals surface area contributed by atoms with Gasteiger partial charge in [-0.15, -0.1) is 10.2 Å². The van der Waals surface area contributed by atoms with E-state index in [0.717, 1.165) is 24.3 Å². The molecule has 2 atom stereocenters. The lowest BCUT2D eigenvalue weighted by Crippen LogP contribution is -2.49. The largest absolute Gasteiger partial charge is 0.480 e. The van der Waals surface area contributed by atoms with Crippen LogP contribution in [0.4, 0.5) is 10.6 Å². The van der Waals surface area contributed by atoms with Gasteiger partial charge in [-0.3, -0.25) is 24.2 Å². The molecule has 294 valence electrons. The molecule has 4 aromatic rings. The summed E-state index contributed by atoms with van der Waals surface area (Å²) in [6.45, 7) is 13.5. The molecule has 1 aliphatic carbocycles. The molecule has 3 N–H and O–H groups in total. The molecule has 55 heavy (non-hydrogen) atoms. The normalized spacial score (nSPS) is 16.6. The molecule has 0 saturated heterocycles. The van der Waals surface area contributed by atoms with Crippen molar-refractivity contribution < 1.29 is 28.6 Å². The Kier molecular flexibility index (Phi) is 13.7. The van der Waals surface area contributed by atoms with E-state index in [2.05, 4.69) is 54.9 Å². The van der Waals surface area contributed by atoms with E-state index in [-0.39, 0.29) is 17.6 Å². The number of aldehydes is 1. The smallest absolute Gasteiger partial charge is 0.321 e. The van der Waals surface area contributed by atoms with E-state index < -0.39 is 29.0 Å². The monoisotopic (exact) mass is 755 g/mol. The Bertz CT molecular complexity index is 1960. The van der Waals surface area contributed by atoms with Crippen molar-refractivity contribution in [1.82, 2.24) is 40.1 Å². The average Bonchev–Trinajstić information content (AvgIpc) is 3.59. The van der Waals surface area contributed by atoms with Gasteiger partial charge in [0.05, 0.1) is 25.1 Å². The van der Waals surface area contributed by atoms with Gasteiger partial charge < -0.3 is 24.8 Å². The van der Waals surface area contributed by atoms with Crippen LogP contribution in [-0.2, 0) is 25.2 Å². The van der Waals surface area contributed by atoms with Crippen molar-refractivity contribution >= 4 is 29.7 Å². The van der Waals surface area contributed by atoms with Gasteiger partial charge in [0.1, 0.15) is 29.0 Å². The molecule has 0 bridgehead atoms. The lowest BCUT2D eigenvalue weighted by molar-refractivity contribution is -0.111. The number of carbonyl (C=O) groups excluding carboxylic acids is 3. The van der Waals surface area contributed by atoms with E-state index in [1.807, 2.05) is 55.6 Å². The first kappa shape index (κ1) is 40.9. The maximum atomic E-state index is 13.7. The topological polar surface area (TPSA) is 174 Å². The highest BCUT2D eigenvalue weighted by Gasteiger charge is 2.38. The fourth-order valence-corrected chi connectivity index (χ4v) is 6.45. The van der Waals surface area contributed by atoms with Gasteiger partial charge in [0.25, 0.3) is 5.91 Å². The number of aromatic nitrogens is 5. The molecule has 0 saturated carbocycles. The number of benzene rings is 1. The highest BCUT2D eigenvalue weighted by molar-refractivity contribution is 5.94. The lowest BCUT2D eigenvalue weighted by atomic mass is 9.81. The second-order valence-corrected chi connectivity index (χ2v) is 14.5. The zero-order valence-electron chi connectivity index (χ0n) is 32.8. The standard InChI is InChI=1S/C40H53N9O6/c1-8-27(9-2)36-47-46-34-15-14-28(25-49(34)36)55-31-16-17-40(26-50,30-13-11-10-12-29(30)31)45-38(52)44-33-24-32(39(3,4)5)42-35(43-33)37(51)41-18-19-48(20-22-53-6)21-23-54-7/h10-17,24-27,31H,8-9,18-23H2,1-7H3,(H,41,51)(H2,42,43,44,45,52)/t31-,40-/m1/s1. The lowest BCUT2D eigenvalue weighted by Gasteiger charge is -2.34.